The van der Waals surface area contributed by atoms with E-state index in [0.717, 1.165) is 15.6 Å². The normalized spacial score (nSPS) is 10.7. The van der Waals surface area contributed by atoms with Gasteiger partial charge in [-0.2, -0.15) is 5.10 Å². The highest BCUT2D eigenvalue weighted by atomic mass is 32.1. The number of hydrogen-bond donors (Lipinski definition) is 0. The summed E-state index contributed by atoms with van der Waals surface area (Å²) in [7, 11) is 1.62. The predicted octanol–water partition coefficient (Wildman–Crippen LogP) is 3.36. The molecule has 3 aromatic rings. The Hall–Kier alpha value is -2.14. The monoisotopic (exact) mass is 258 g/mol. The van der Waals surface area contributed by atoms with E-state index in [1.165, 1.54) is 0 Å². The Bertz CT molecular complexity index is 747. The van der Waals surface area contributed by atoms with Crippen LogP contribution in [0.15, 0.2) is 47.1 Å². The second-order valence-corrected chi connectivity index (χ2v) is 4.20. The molecule has 0 atom stereocenters. The van der Waals surface area contributed by atoms with E-state index in [2.05, 4.69) is 5.10 Å². The van der Waals surface area contributed by atoms with Crippen LogP contribution in [0.4, 0.5) is 0 Å². The largest absolute Gasteiger partial charge is 0.497 e. The number of benzene rings is 1. The van der Waals surface area contributed by atoms with E-state index in [4.69, 9.17) is 21.4 Å². The quantitative estimate of drug-likeness (QED) is 0.661. The van der Waals surface area contributed by atoms with E-state index in [-0.39, 0.29) is 0 Å². The highest BCUT2D eigenvalue weighted by Crippen LogP contribution is 2.24. The van der Waals surface area contributed by atoms with Gasteiger partial charge in [-0.25, -0.2) is 4.68 Å². The molecule has 4 nitrogen and oxygen atoms in total. The third-order valence-electron chi connectivity index (χ3n) is 2.65. The molecule has 0 spiro atoms. The van der Waals surface area contributed by atoms with E-state index >= 15 is 0 Å². The first-order valence-electron chi connectivity index (χ1n) is 5.40. The maximum atomic E-state index is 5.78. The van der Waals surface area contributed by atoms with Crippen molar-refractivity contribution in [2.24, 2.45) is 0 Å². The molecule has 0 unspecified atom stereocenters. The van der Waals surface area contributed by atoms with Gasteiger partial charge in [0.1, 0.15) is 11.3 Å². The molecule has 0 fully saturated rings. The summed E-state index contributed by atoms with van der Waals surface area (Å²) in [6.07, 6.45) is 3.49. The molecule has 0 aliphatic heterocycles. The average molecular weight is 258 g/mol. The maximum Gasteiger partial charge on any atom is 0.221 e. The van der Waals surface area contributed by atoms with E-state index in [1.807, 2.05) is 24.3 Å². The summed E-state index contributed by atoms with van der Waals surface area (Å²) in [6, 6.07) is 9.19. The summed E-state index contributed by atoms with van der Waals surface area (Å²) in [6.45, 7) is 0. The molecule has 1 aromatic carbocycles. The minimum Gasteiger partial charge on any atom is -0.497 e. The van der Waals surface area contributed by atoms with Gasteiger partial charge < -0.3 is 9.15 Å². The van der Waals surface area contributed by atoms with Crippen molar-refractivity contribution in [3.8, 4) is 11.6 Å². The Morgan fingerprint density at radius 1 is 1.33 bits per heavy atom. The number of fused-ring (bicyclic) bond motifs is 1. The van der Waals surface area contributed by atoms with Crippen molar-refractivity contribution in [2.45, 2.75) is 0 Å². The van der Waals surface area contributed by atoms with Crippen molar-refractivity contribution in [3.05, 3.63) is 47.2 Å². The zero-order valence-electron chi connectivity index (χ0n) is 9.66. The van der Waals surface area contributed by atoms with Gasteiger partial charge in [0, 0.05) is 29.9 Å². The van der Waals surface area contributed by atoms with E-state index in [9.17, 15) is 0 Å². The Balaban J connectivity index is 2.28. The minimum absolute atomic E-state index is 0.589. The van der Waals surface area contributed by atoms with Crippen LogP contribution < -0.4 is 4.74 Å². The van der Waals surface area contributed by atoms with E-state index in [0.29, 0.717) is 11.5 Å². The molecule has 0 saturated carbocycles. The lowest BCUT2D eigenvalue weighted by atomic mass is 10.2. The van der Waals surface area contributed by atoms with Crippen molar-refractivity contribution in [1.29, 1.82) is 0 Å². The molecule has 0 amide bonds. The first-order chi connectivity index (χ1) is 8.78. The van der Waals surface area contributed by atoms with Crippen molar-refractivity contribution in [1.82, 2.24) is 9.78 Å². The summed E-state index contributed by atoms with van der Waals surface area (Å²) in [5.74, 6) is 1.32. The van der Waals surface area contributed by atoms with Gasteiger partial charge >= 0.3 is 0 Å². The van der Waals surface area contributed by atoms with Crippen molar-refractivity contribution in [3.63, 3.8) is 0 Å². The van der Waals surface area contributed by atoms with Gasteiger partial charge in [0.25, 0.3) is 0 Å². The highest BCUT2D eigenvalue weighted by molar-refractivity contribution is 7.71. The fourth-order valence-electron chi connectivity index (χ4n) is 1.76. The van der Waals surface area contributed by atoms with Gasteiger partial charge in [-0.05, 0) is 18.2 Å². The van der Waals surface area contributed by atoms with Crippen LogP contribution in [0.2, 0.25) is 0 Å². The molecular formula is C13H10N2O2S. The summed E-state index contributed by atoms with van der Waals surface area (Å²) in [5.41, 5.74) is 0.687. The number of methoxy groups -OCH3 is 1. The lowest BCUT2D eigenvalue weighted by Gasteiger charge is -2.05. The zero-order valence-corrected chi connectivity index (χ0v) is 10.5. The van der Waals surface area contributed by atoms with Crippen LogP contribution in [-0.2, 0) is 0 Å². The maximum absolute atomic E-state index is 5.78. The first kappa shape index (κ1) is 11.0. The van der Waals surface area contributed by atoms with Gasteiger partial charge in [-0.15, -0.1) is 0 Å². The number of nitrogens with zero attached hydrogens (tertiary/aromatic N) is 2. The van der Waals surface area contributed by atoms with Crippen LogP contribution in [0.3, 0.4) is 0 Å². The second kappa shape index (κ2) is 4.27. The summed E-state index contributed by atoms with van der Waals surface area (Å²) >= 11 is 5.35. The first-order valence-corrected chi connectivity index (χ1v) is 5.81. The molecule has 0 bridgehead atoms. The van der Waals surface area contributed by atoms with Gasteiger partial charge in [0.15, 0.2) is 0 Å². The molecule has 90 valence electrons. The van der Waals surface area contributed by atoms with Crippen LogP contribution in [-0.4, -0.2) is 16.9 Å². The Morgan fingerprint density at radius 3 is 2.94 bits per heavy atom. The number of ether oxygens (including phenoxy) is 1. The van der Waals surface area contributed by atoms with Crippen LogP contribution in [0.25, 0.3) is 16.9 Å². The molecule has 0 radical (unpaired) electrons. The van der Waals surface area contributed by atoms with Crippen molar-refractivity contribution < 1.29 is 9.15 Å². The lowest BCUT2D eigenvalue weighted by molar-refractivity contribution is 0.414. The molecule has 5 heteroatoms. The van der Waals surface area contributed by atoms with E-state index in [1.54, 1.807) is 30.3 Å². The Kier molecular flexibility index (Phi) is 2.60. The van der Waals surface area contributed by atoms with Crippen LogP contribution in [0.1, 0.15) is 0 Å². The van der Waals surface area contributed by atoms with Crippen molar-refractivity contribution >= 4 is 23.2 Å². The number of aromatic nitrogens is 2. The number of rotatable bonds is 2. The molecule has 0 N–H and O–H groups in total. The molecule has 0 aliphatic carbocycles. The molecular weight excluding hydrogens is 248 g/mol. The minimum atomic E-state index is 0.589. The van der Waals surface area contributed by atoms with Gasteiger partial charge in [-0.1, -0.05) is 12.2 Å². The fourth-order valence-corrected chi connectivity index (χ4v) is 2.03. The second-order valence-electron chi connectivity index (χ2n) is 3.76. The van der Waals surface area contributed by atoms with Crippen molar-refractivity contribution in [2.75, 3.05) is 7.11 Å². The summed E-state index contributed by atoms with van der Waals surface area (Å²) in [5, 5.41) is 5.01. The highest BCUT2D eigenvalue weighted by Gasteiger charge is 2.05. The van der Waals surface area contributed by atoms with Crippen LogP contribution >= 0.6 is 12.2 Å². The summed E-state index contributed by atoms with van der Waals surface area (Å²) in [4.78, 5) is 0. The van der Waals surface area contributed by atoms with Crippen LogP contribution in [0.5, 0.6) is 5.75 Å². The Morgan fingerprint density at radius 2 is 2.22 bits per heavy atom. The third-order valence-corrected chi connectivity index (χ3v) is 2.99. The number of hydrogen-bond acceptors (Lipinski definition) is 4. The van der Waals surface area contributed by atoms with Crippen LogP contribution in [0, 0.1) is 4.51 Å². The summed E-state index contributed by atoms with van der Waals surface area (Å²) < 4.78 is 13.3. The van der Waals surface area contributed by atoms with Gasteiger partial charge in [0.05, 0.1) is 11.6 Å². The molecule has 2 heterocycles. The standard InChI is InChI=1S/C13H10N2O2S/c1-16-9-3-4-10-11(7-9)17-13(8-12(10)18)15-6-2-5-14-15/h2-8H,1H3. The van der Waals surface area contributed by atoms with Gasteiger partial charge in [0.2, 0.25) is 5.88 Å². The lowest BCUT2D eigenvalue weighted by Crippen LogP contribution is -1.94. The SMILES string of the molecule is COc1ccc2c(=S)cc(-n3cccn3)oc2c1. The molecule has 0 saturated heterocycles. The average Bonchev–Trinajstić information content (AvgIpc) is 2.91. The van der Waals surface area contributed by atoms with E-state index < -0.39 is 0 Å². The Labute approximate surface area is 108 Å². The zero-order chi connectivity index (χ0) is 12.5. The smallest absolute Gasteiger partial charge is 0.221 e. The fraction of sp³-hybridized carbons (Fsp3) is 0.0769. The third kappa shape index (κ3) is 1.78. The van der Waals surface area contributed by atoms with Gasteiger partial charge in [-0.3, -0.25) is 0 Å². The predicted molar refractivity (Wildman–Crippen MR) is 70.7 cm³/mol. The molecule has 2 aromatic heterocycles. The molecule has 3 rings (SSSR count). The molecule has 18 heavy (non-hydrogen) atoms. The topological polar surface area (TPSA) is 40.2 Å². The molecule has 0 aliphatic rings.